The maximum atomic E-state index is 13.8. The molecule has 7 nitrogen and oxygen atoms in total. The summed E-state index contributed by atoms with van der Waals surface area (Å²) in [6, 6.07) is 13.0. The van der Waals surface area contributed by atoms with Gasteiger partial charge in [-0.15, -0.1) is 0 Å². The van der Waals surface area contributed by atoms with Gasteiger partial charge in [-0.1, -0.05) is 54.4 Å². The molecule has 2 aromatic heterocycles. The van der Waals surface area contributed by atoms with Gasteiger partial charge in [0.15, 0.2) is 4.83 Å². The molecule has 0 aliphatic rings. The summed E-state index contributed by atoms with van der Waals surface area (Å²) in [6.45, 7) is 7.13. The van der Waals surface area contributed by atoms with Crippen LogP contribution in [0, 0.1) is 13.8 Å². The summed E-state index contributed by atoms with van der Waals surface area (Å²) in [7, 11) is 0. The van der Waals surface area contributed by atoms with Crippen LogP contribution < -0.4 is 11.3 Å². The zero-order chi connectivity index (χ0) is 25.8. The van der Waals surface area contributed by atoms with Crippen LogP contribution >= 0.6 is 23.1 Å². The fraction of sp³-hybridized carbons (Fsp3) is 0.333. The molecule has 188 valence electrons. The van der Waals surface area contributed by atoms with E-state index in [1.807, 2.05) is 45.0 Å². The van der Waals surface area contributed by atoms with E-state index >= 15 is 0 Å². The van der Waals surface area contributed by atoms with E-state index in [4.69, 9.17) is 22.3 Å². The molecule has 0 aliphatic heterocycles. The molecule has 2 heterocycles. The number of aryl methyl sites for hydroxylation is 2. The number of nitrogens with two attached hydrogens (primary N) is 1. The van der Waals surface area contributed by atoms with Crippen LogP contribution in [-0.4, -0.2) is 37.8 Å². The molecular formula is C27H30ClN5O2S. The third-order valence-electron chi connectivity index (χ3n) is 6.22. The Kier molecular flexibility index (Phi) is 8.18. The van der Waals surface area contributed by atoms with E-state index in [0.29, 0.717) is 59.1 Å². The number of nitrogens with zero attached hydrogens (tertiary/aromatic N) is 4. The molecule has 0 bridgehead atoms. The van der Waals surface area contributed by atoms with Gasteiger partial charge in [0.1, 0.15) is 5.82 Å². The molecular weight excluding hydrogens is 494 g/mol. The number of fused-ring (bicyclic) bond motifs is 1. The molecule has 0 saturated carbocycles. The van der Waals surface area contributed by atoms with Crippen LogP contribution in [-0.2, 0) is 6.54 Å². The van der Waals surface area contributed by atoms with E-state index in [2.05, 4.69) is 10.4 Å². The first-order valence-electron chi connectivity index (χ1n) is 12.0. The van der Waals surface area contributed by atoms with Crippen molar-refractivity contribution in [1.82, 2.24) is 18.8 Å². The number of carbonyl (C=O) groups excluding carboxylic acids is 1. The Balaban J connectivity index is 1.86. The number of amides is 1. The molecule has 0 saturated heterocycles. The van der Waals surface area contributed by atoms with Crippen LogP contribution in [0.5, 0.6) is 0 Å². The Labute approximate surface area is 219 Å². The second-order valence-corrected chi connectivity index (χ2v) is 10.1. The van der Waals surface area contributed by atoms with Crippen molar-refractivity contribution in [3.8, 4) is 0 Å². The summed E-state index contributed by atoms with van der Waals surface area (Å²) in [5, 5.41) is 0.878. The maximum absolute atomic E-state index is 13.8. The summed E-state index contributed by atoms with van der Waals surface area (Å²) < 4.78 is 5.88. The van der Waals surface area contributed by atoms with Gasteiger partial charge in [-0.2, -0.15) is 4.37 Å². The predicted octanol–water partition coefficient (Wildman–Crippen LogP) is 5.11. The molecule has 36 heavy (non-hydrogen) atoms. The Morgan fingerprint density at radius 3 is 2.67 bits per heavy atom. The molecule has 4 rings (SSSR count). The molecule has 2 aromatic carbocycles. The van der Waals surface area contributed by atoms with Gasteiger partial charge in [-0.25, -0.2) is 4.98 Å². The minimum absolute atomic E-state index is 0.164. The average Bonchev–Trinajstić information content (AvgIpc) is 3.32. The molecule has 0 aliphatic carbocycles. The van der Waals surface area contributed by atoms with Gasteiger partial charge < -0.3 is 10.6 Å². The smallest absolute Gasteiger partial charge is 0.264 e. The topological polar surface area (TPSA) is 94.1 Å². The van der Waals surface area contributed by atoms with Gasteiger partial charge in [-0.3, -0.25) is 14.2 Å². The second kappa shape index (κ2) is 11.3. The zero-order valence-corrected chi connectivity index (χ0v) is 22.3. The van der Waals surface area contributed by atoms with Gasteiger partial charge in [-0.05, 0) is 68.0 Å². The van der Waals surface area contributed by atoms with Crippen molar-refractivity contribution < 1.29 is 4.79 Å². The molecule has 0 radical (unpaired) electrons. The largest absolute Gasteiger partial charge is 0.330 e. The van der Waals surface area contributed by atoms with Crippen LogP contribution in [0.4, 0.5) is 0 Å². The van der Waals surface area contributed by atoms with Crippen LogP contribution in [0.1, 0.15) is 58.7 Å². The van der Waals surface area contributed by atoms with E-state index < -0.39 is 6.04 Å². The van der Waals surface area contributed by atoms with E-state index in [1.54, 1.807) is 27.8 Å². The van der Waals surface area contributed by atoms with Crippen molar-refractivity contribution in [2.75, 3.05) is 13.1 Å². The number of aromatic nitrogens is 3. The van der Waals surface area contributed by atoms with Crippen molar-refractivity contribution in [1.29, 1.82) is 0 Å². The lowest BCUT2D eigenvalue weighted by atomic mass is 10.1. The van der Waals surface area contributed by atoms with Crippen LogP contribution in [0.3, 0.4) is 0 Å². The van der Waals surface area contributed by atoms with Crippen LogP contribution in [0.25, 0.3) is 10.2 Å². The molecule has 4 aromatic rings. The second-order valence-electron chi connectivity index (χ2n) is 8.94. The lowest BCUT2D eigenvalue weighted by Gasteiger charge is -2.32. The van der Waals surface area contributed by atoms with Crippen molar-refractivity contribution in [2.45, 2.75) is 46.2 Å². The van der Waals surface area contributed by atoms with Crippen LogP contribution in [0.2, 0.25) is 5.02 Å². The van der Waals surface area contributed by atoms with Gasteiger partial charge in [0.2, 0.25) is 0 Å². The minimum Gasteiger partial charge on any atom is -0.330 e. The summed E-state index contributed by atoms with van der Waals surface area (Å²) in [5.74, 6) is 0.329. The first-order chi connectivity index (χ1) is 17.3. The minimum atomic E-state index is -0.453. The van der Waals surface area contributed by atoms with E-state index in [1.165, 1.54) is 11.5 Å². The lowest BCUT2D eigenvalue weighted by Crippen LogP contribution is -2.40. The molecule has 1 amide bonds. The SMILES string of the molecule is CCC(c1nc2sncc2c(=O)n1Cc1cccc(C)c1)N(CCCN)C(=O)c1ccc(C)cc1Cl. The lowest BCUT2D eigenvalue weighted by molar-refractivity contribution is 0.0656. The van der Waals surface area contributed by atoms with Gasteiger partial charge >= 0.3 is 0 Å². The number of benzene rings is 2. The zero-order valence-electron chi connectivity index (χ0n) is 20.7. The number of rotatable bonds is 9. The fourth-order valence-electron chi connectivity index (χ4n) is 4.43. The third-order valence-corrected chi connectivity index (χ3v) is 7.23. The monoisotopic (exact) mass is 523 g/mol. The summed E-state index contributed by atoms with van der Waals surface area (Å²) in [4.78, 5) is 34.7. The molecule has 0 spiro atoms. The first-order valence-corrected chi connectivity index (χ1v) is 13.2. The summed E-state index contributed by atoms with van der Waals surface area (Å²) in [6.07, 6.45) is 2.73. The number of carbonyl (C=O) groups is 1. The molecule has 1 unspecified atom stereocenters. The highest BCUT2D eigenvalue weighted by Crippen LogP contribution is 2.29. The molecule has 9 heteroatoms. The maximum Gasteiger partial charge on any atom is 0.264 e. The Bertz CT molecular complexity index is 1450. The predicted molar refractivity (Wildman–Crippen MR) is 146 cm³/mol. The summed E-state index contributed by atoms with van der Waals surface area (Å²) in [5.41, 5.74) is 9.16. The van der Waals surface area contributed by atoms with Crippen molar-refractivity contribution in [2.24, 2.45) is 5.73 Å². The summed E-state index contributed by atoms with van der Waals surface area (Å²) >= 11 is 7.67. The Hall–Kier alpha value is -3.07. The van der Waals surface area contributed by atoms with Crippen molar-refractivity contribution in [3.63, 3.8) is 0 Å². The average molecular weight is 524 g/mol. The van der Waals surface area contributed by atoms with E-state index in [9.17, 15) is 9.59 Å². The van der Waals surface area contributed by atoms with Gasteiger partial charge in [0, 0.05) is 6.54 Å². The van der Waals surface area contributed by atoms with E-state index in [-0.39, 0.29) is 11.5 Å². The van der Waals surface area contributed by atoms with Gasteiger partial charge in [0.25, 0.3) is 11.5 Å². The standard InChI is InChI=1S/C27H30ClN5O2S/c1-4-23(32(12-6-11-29)26(34)20-10-9-18(3)14-22(20)28)24-31-25-21(15-30-36-25)27(35)33(24)16-19-8-5-7-17(2)13-19/h5,7-10,13-15,23H,4,6,11-12,16,29H2,1-3H3. The number of halogens is 1. The van der Waals surface area contributed by atoms with Crippen molar-refractivity contribution >= 4 is 39.3 Å². The quantitative estimate of drug-likeness (QED) is 0.329. The van der Waals surface area contributed by atoms with Crippen LogP contribution in [0.15, 0.2) is 53.5 Å². The van der Waals surface area contributed by atoms with E-state index in [0.717, 1.165) is 16.7 Å². The highest BCUT2D eigenvalue weighted by molar-refractivity contribution is 7.12. The highest BCUT2D eigenvalue weighted by atomic mass is 35.5. The number of hydrogen-bond donors (Lipinski definition) is 1. The molecule has 1 atom stereocenters. The van der Waals surface area contributed by atoms with Gasteiger partial charge in [0.05, 0.1) is 34.8 Å². The number of hydrogen-bond acceptors (Lipinski definition) is 6. The normalized spacial score (nSPS) is 12.1. The Morgan fingerprint density at radius 2 is 1.97 bits per heavy atom. The first kappa shape index (κ1) is 26.0. The fourth-order valence-corrected chi connectivity index (χ4v) is 5.37. The third kappa shape index (κ3) is 5.36. The Morgan fingerprint density at radius 1 is 1.19 bits per heavy atom. The molecule has 0 fully saturated rings. The molecule has 2 N–H and O–H groups in total. The highest BCUT2D eigenvalue weighted by Gasteiger charge is 2.30. The van der Waals surface area contributed by atoms with Crippen molar-refractivity contribution in [3.05, 3.63) is 92.1 Å².